The van der Waals surface area contributed by atoms with Gasteiger partial charge in [-0.25, -0.2) is 0 Å². The van der Waals surface area contributed by atoms with Crippen LogP contribution in [0.15, 0.2) is 30.6 Å². The Labute approximate surface area is 102 Å². The van der Waals surface area contributed by atoms with Gasteiger partial charge < -0.3 is 10.6 Å². The zero-order valence-electron chi connectivity index (χ0n) is 8.70. The van der Waals surface area contributed by atoms with Gasteiger partial charge >= 0.3 is 0 Å². The molecule has 1 aliphatic rings. The Bertz CT molecular complexity index is 567. The Morgan fingerprint density at radius 3 is 3.06 bits per heavy atom. The van der Waals surface area contributed by atoms with Gasteiger partial charge in [0.05, 0.1) is 11.9 Å². The minimum absolute atomic E-state index is 0.116. The number of hydrogen-bond donors (Lipinski definition) is 3. The first kappa shape index (κ1) is 10.2. The van der Waals surface area contributed by atoms with Crippen molar-refractivity contribution in [1.82, 2.24) is 10.2 Å². The number of benzene rings is 1. The van der Waals surface area contributed by atoms with Gasteiger partial charge in [0.15, 0.2) is 0 Å². The number of anilines is 2. The number of hydrogen-bond acceptors (Lipinski definition) is 3. The molecule has 5 nitrogen and oxygen atoms in total. The van der Waals surface area contributed by atoms with Crippen LogP contribution in [0.1, 0.15) is 11.6 Å². The van der Waals surface area contributed by atoms with Crippen molar-refractivity contribution in [2.24, 2.45) is 0 Å². The maximum atomic E-state index is 11.8. The summed E-state index contributed by atoms with van der Waals surface area (Å²) in [5, 5.41) is 12.9. The lowest BCUT2D eigenvalue weighted by molar-refractivity contribution is -0.116. The van der Waals surface area contributed by atoms with Crippen molar-refractivity contribution in [2.45, 2.75) is 6.04 Å². The number of carbonyl (C=O) groups excluding carboxylic acids is 1. The zero-order valence-corrected chi connectivity index (χ0v) is 9.45. The molecule has 6 heteroatoms. The van der Waals surface area contributed by atoms with Crippen molar-refractivity contribution in [1.29, 1.82) is 0 Å². The van der Waals surface area contributed by atoms with E-state index < -0.39 is 6.04 Å². The largest absolute Gasteiger partial charge is 0.367 e. The molecule has 86 valence electrons. The van der Waals surface area contributed by atoms with Gasteiger partial charge in [-0.2, -0.15) is 5.10 Å². The summed E-state index contributed by atoms with van der Waals surface area (Å²) in [6.07, 6.45) is 3.30. The second-order valence-corrected chi connectivity index (χ2v) is 4.16. The molecule has 3 N–H and O–H groups in total. The second-order valence-electron chi connectivity index (χ2n) is 3.75. The van der Waals surface area contributed by atoms with Gasteiger partial charge in [0.2, 0.25) is 0 Å². The Morgan fingerprint density at radius 2 is 2.29 bits per heavy atom. The molecular formula is C11H9ClN4O. The molecule has 0 saturated carbocycles. The van der Waals surface area contributed by atoms with Crippen LogP contribution in [0.25, 0.3) is 0 Å². The average molecular weight is 249 g/mol. The predicted octanol–water partition coefficient (Wildman–Crippen LogP) is 2.17. The molecule has 1 aromatic heterocycles. The Kier molecular flexibility index (Phi) is 2.26. The number of halogens is 1. The van der Waals surface area contributed by atoms with E-state index in [1.807, 2.05) is 12.1 Å². The Morgan fingerprint density at radius 1 is 1.41 bits per heavy atom. The van der Waals surface area contributed by atoms with Gasteiger partial charge in [-0.3, -0.25) is 9.89 Å². The van der Waals surface area contributed by atoms with E-state index in [0.717, 1.165) is 16.9 Å². The highest BCUT2D eigenvalue weighted by molar-refractivity contribution is 6.32. The molecule has 0 fully saturated rings. The molecular weight excluding hydrogens is 240 g/mol. The van der Waals surface area contributed by atoms with Crippen LogP contribution in [0, 0.1) is 0 Å². The maximum absolute atomic E-state index is 11.8. The molecule has 0 radical (unpaired) electrons. The quantitative estimate of drug-likeness (QED) is 0.763. The highest BCUT2D eigenvalue weighted by atomic mass is 35.5. The third-order valence-corrected chi connectivity index (χ3v) is 3.00. The molecule has 2 heterocycles. The number of amides is 1. The van der Waals surface area contributed by atoms with Crippen LogP contribution in [-0.2, 0) is 4.79 Å². The van der Waals surface area contributed by atoms with Crippen molar-refractivity contribution in [3.05, 3.63) is 41.2 Å². The third-order valence-electron chi connectivity index (χ3n) is 2.67. The smallest absolute Gasteiger partial charge is 0.251 e. The highest BCUT2D eigenvalue weighted by Crippen LogP contribution is 2.37. The number of rotatable bonds is 2. The van der Waals surface area contributed by atoms with Crippen LogP contribution >= 0.6 is 11.6 Å². The van der Waals surface area contributed by atoms with Crippen LogP contribution in [0.2, 0.25) is 5.02 Å². The topological polar surface area (TPSA) is 69.8 Å². The van der Waals surface area contributed by atoms with Crippen LogP contribution in [-0.4, -0.2) is 16.1 Å². The van der Waals surface area contributed by atoms with Gasteiger partial charge in [0.1, 0.15) is 6.04 Å². The molecule has 3 rings (SSSR count). The lowest BCUT2D eigenvalue weighted by Gasteiger charge is -2.11. The molecule has 0 aliphatic carbocycles. The van der Waals surface area contributed by atoms with E-state index in [-0.39, 0.29) is 5.91 Å². The number of carbonyl (C=O) groups is 1. The summed E-state index contributed by atoms with van der Waals surface area (Å²) in [5.74, 6) is -0.116. The fourth-order valence-electron chi connectivity index (χ4n) is 1.91. The average Bonchev–Trinajstić information content (AvgIpc) is 2.89. The number of H-pyrrole nitrogens is 1. The third kappa shape index (κ3) is 1.64. The van der Waals surface area contributed by atoms with E-state index in [0.29, 0.717) is 5.02 Å². The van der Waals surface area contributed by atoms with Crippen molar-refractivity contribution in [3.63, 3.8) is 0 Å². The number of nitrogens with zero attached hydrogens (tertiary/aromatic N) is 1. The normalized spacial score (nSPS) is 17.7. The molecule has 1 aromatic carbocycles. The van der Waals surface area contributed by atoms with Crippen LogP contribution in [0.5, 0.6) is 0 Å². The van der Waals surface area contributed by atoms with Crippen LogP contribution in [0.4, 0.5) is 11.4 Å². The molecule has 1 amide bonds. The first-order valence-electron chi connectivity index (χ1n) is 5.10. The van der Waals surface area contributed by atoms with Crippen molar-refractivity contribution in [3.8, 4) is 0 Å². The summed E-state index contributed by atoms with van der Waals surface area (Å²) in [4.78, 5) is 11.8. The number of fused-ring (bicyclic) bond motifs is 1. The molecule has 0 saturated heterocycles. The van der Waals surface area contributed by atoms with Gasteiger partial charge in [0.25, 0.3) is 5.91 Å². The summed E-state index contributed by atoms with van der Waals surface area (Å²) in [7, 11) is 0. The van der Waals surface area contributed by atoms with E-state index in [9.17, 15) is 4.79 Å². The first-order valence-corrected chi connectivity index (χ1v) is 5.48. The highest BCUT2D eigenvalue weighted by Gasteiger charge is 2.32. The number of aromatic nitrogens is 2. The van der Waals surface area contributed by atoms with Crippen molar-refractivity contribution >= 4 is 28.9 Å². The maximum Gasteiger partial charge on any atom is 0.251 e. The van der Waals surface area contributed by atoms with Gasteiger partial charge in [-0.05, 0) is 12.1 Å². The van der Waals surface area contributed by atoms with E-state index >= 15 is 0 Å². The Balaban J connectivity index is 1.99. The lowest BCUT2D eigenvalue weighted by Crippen LogP contribution is -2.19. The van der Waals surface area contributed by atoms with Crippen molar-refractivity contribution < 1.29 is 4.79 Å². The monoisotopic (exact) mass is 248 g/mol. The molecule has 1 atom stereocenters. The van der Waals surface area contributed by atoms with E-state index in [2.05, 4.69) is 20.8 Å². The van der Waals surface area contributed by atoms with Crippen LogP contribution in [0.3, 0.4) is 0 Å². The van der Waals surface area contributed by atoms with E-state index in [1.165, 1.54) is 0 Å². The van der Waals surface area contributed by atoms with Crippen LogP contribution < -0.4 is 10.6 Å². The second kappa shape index (κ2) is 3.78. The zero-order chi connectivity index (χ0) is 11.8. The molecule has 1 unspecified atom stereocenters. The minimum atomic E-state index is -0.476. The summed E-state index contributed by atoms with van der Waals surface area (Å²) in [6, 6.07) is 4.93. The SMILES string of the molecule is O=C1Nc2cccc(Cl)c2C1Nc1cn[nH]c1. The lowest BCUT2D eigenvalue weighted by atomic mass is 10.1. The number of aromatic amines is 1. The Hall–Kier alpha value is -2.01. The molecule has 17 heavy (non-hydrogen) atoms. The van der Waals surface area contributed by atoms with Gasteiger partial charge in [-0.15, -0.1) is 0 Å². The summed E-state index contributed by atoms with van der Waals surface area (Å²) in [5.41, 5.74) is 2.28. The summed E-state index contributed by atoms with van der Waals surface area (Å²) >= 11 is 6.11. The standard InChI is InChI=1S/C11H9ClN4O/c12-7-2-1-3-8-9(7)10(11(17)16-8)15-6-4-13-14-5-6/h1-5,10,15H,(H,13,14)(H,16,17). The van der Waals surface area contributed by atoms with Crippen molar-refractivity contribution in [2.75, 3.05) is 10.6 Å². The molecule has 1 aliphatic heterocycles. The number of nitrogens with one attached hydrogen (secondary N) is 3. The van der Waals surface area contributed by atoms with Gasteiger partial charge in [0, 0.05) is 22.5 Å². The summed E-state index contributed by atoms with van der Waals surface area (Å²) in [6.45, 7) is 0. The fraction of sp³-hybridized carbons (Fsp3) is 0.0909. The molecule has 2 aromatic rings. The molecule has 0 bridgehead atoms. The van der Waals surface area contributed by atoms with E-state index in [4.69, 9.17) is 11.6 Å². The van der Waals surface area contributed by atoms with E-state index in [1.54, 1.807) is 18.5 Å². The minimum Gasteiger partial charge on any atom is -0.367 e. The summed E-state index contributed by atoms with van der Waals surface area (Å²) < 4.78 is 0. The predicted molar refractivity (Wildman–Crippen MR) is 65.0 cm³/mol. The first-order chi connectivity index (χ1) is 8.25. The molecule has 0 spiro atoms. The van der Waals surface area contributed by atoms with Gasteiger partial charge in [-0.1, -0.05) is 17.7 Å². The fourth-order valence-corrected chi connectivity index (χ4v) is 2.19.